The number of nitrogens with one attached hydrogen (secondary N) is 1. The Hall–Kier alpha value is -0.380. The molecule has 3 heteroatoms. The van der Waals surface area contributed by atoms with Crippen LogP contribution in [-0.4, -0.2) is 30.6 Å². The second-order valence-corrected chi connectivity index (χ2v) is 6.52. The van der Waals surface area contributed by atoms with Gasteiger partial charge in [0.2, 0.25) is 0 Å². The van der Waals surface area contributed by atoms with Gasteiger partial charge in [-0.1, -0.05) is 34.1 Å². The lowest BCUT2D eigenvalue weighted by Crippen LogP contribution is -2.27. The van der Waals surface area contributed by atoms with Gasteiger partial charge in [-0.15, -0.1) is 0 Å². The fourth-order valence-corrected chi connectivity index (χ4v) is 3.12. The zero-order valence-corrected chi connectivity index (χ0v) is 12.3. The molecule has 0 bridgehead atoms. The summed E-state index contributed by atoms with van der Waals surface area (Å²) in [7, 11) is 0. The monoisotopic (exact) mass is 308 g/mol. The Balaban J connectivity index is 1.48. The van der Waals surface area contributed by atoms with E-state index in [9.17, 15) is 0 Å². The molecule has 0 spiro atoms. The van der Waals surface area contributed by atoms with Crippen molar-refractivity contribution in [3.63, 3.8) is 0 Å². The minimum atomic E-state index is 0.849. The van der Waals surface area contributed by atoms with Crippen molar-refractivity contribution in [1.82, 2.24) is 10.2 Å². The van der Waals surface area contributed by atoms with Crippen LogP contribution in [0.3, 0.4) is 0 Å². The Morgan fingerprint density at radius 3 is 2.83 bits per heavy atom. The zero-order chi connectivity index (χ0) is 12.4. The molecule has 2 aliphatic rings. The van der Waals surface area contributed by atoms with Crippen LogP contribution in [0.5, 0.6) is 0 Å². The second-order valence-electron chi connectivity index (χ2n) is 5.66. The molecule has 0 amide bonds. The predicted molar refractivity (Wildman–Crippen MR) is 78.6 cm³/mol. The predicted octanol–water partition coefficient (Wildman–Crippen LogP) is 3.02. The van der Waals surface area contributed by atoms with E-state index < -0.39 is 0 Å². The molecule has 1 unspecified atom stereocenters. The highest BCUT2D eigenvalue weighted by Crippen LogP contribution is 2.24. The molecule has 1 heterocycles. The van der Waals surface area contributed by atoms with Gasteiger partial charge in [0.05, 0.1) is 0 Å². The molecule has 3 rings (SSSR count). The van der Waals surface area contributed by atoms with Crippen molar-refractivity contribution in [2.75, 3.05) is 19.6 Å². The van der Waals surface area contributed by atoms with Crippen LogP contribution in [-0.2, 0) is 6.54 Å². The van der Waals surface area contributed by atoms with Crippen molar-refractivity contribution < 1.29 is 0 Å². The summed E-state index contributed by atoms with van der Waals surface area (Å²) in [6, 6.07) is 9.42. The quantitative estimate of drug-likeness (QED) is 0.899. The summed E-state index contributed by atoms with van der Waals surface area (Å²) in [6.07, 6.45) is 4.14. The molecule has 1 aromatic carbocycles. The van der Waals surface area contributed by atoms with E-state index in [0.717, 1.165) is 18.5 Å². The lowest BCUT2D eigenvalue weighted by atomic mass is 10.1. The minimum Gasteiger partial charge on any atom is -0.314 e. The SMILES string of the molecule is Brc1ccccc1CN1CCC(CNC2CC2)C1. The largest absolute Gasteiger partial charge is 0.314 e. The average Bonchev–Trinajstić information content (AvgIpc) is 3.10. The maximum atomic E-state index is 3.66. The second kappa shape index (κ2) is 5.72. The van der Waals surface area contributed by atoms with Crippen LogP contribution in [0, 0.1) is 5.92 Å². The first-order valence-corrected chi connectivity index (χ1v) is 7.80. The Bertz CT molecular complexity index is 403. The molecular formula is C15H21BrN2. The average molecular weight is 309 g/mol. The van der Waals surface area contributed by atoms with Gasteiger partial charge in [0.1, 0.15) is 0 Å². The van der Waals surface area contributed by atoms with Crippen LogP contribution in [0.25, 0.3) is 0 Å². The first-order valence-electron chi connectivity index (χ1n) is 7.00. The zero-order valence-electron chi connectivity index (χ0n) is 10.7. The number of halogens is 1. The maximum absolute atomic E-state index is 3.66. The van der Waals surface area contributed by atoms with E-state index in [0.29, 0.717) is 0 Å². The third-order valence-corrected chi connectivity index (χ3v) is 4.77. The molecule has 1 aromatic rings. The van der Waals surface area contributed by atoms with Crippen LogP contribution < -0.4 is 5.32 Å². The number of hydrogen-bond donors (Lipinski definition) is 1. The van der Waals surface area contributed by atoms with Gasteiger partial charge in [-0.25, -0.2) is 0 Å². The third kappa shape index (κ3) is 3.34. The van der Waals surface area contributed by atoms with Crippen molar-refractivity contribution in [2.24, 2.45) is 5.92 Å². The fraction of sp³-hybridized carbons (Fsp3) is 0.600. The first kappa shape index (κ1) is 12.6. The molecular weight excluding hydrogens is 288 g/mol. The number of nitrogens with zero attached hydrogens (tertiary/aromatic N) is 1. The Morgan fingerprint density at radius 1 is 1.22 bits per heavy atom. The molecule has 1 saturated heterocycles. The Labute approximate surface area is 118 Å². The van der Waals surface area contributed by atoms with E-state index >= 15 is 0 Å². The van der Waals surface area contributed by atoms with Gasteiger partial charge < -0.3 is 5.32 Å². The summed E-state index contributed by atoms with van der Waals surface area (Å²) in [5, 5.41) is 3.66. The Morgan fingerprint density at radius 2 is 2.06 bits per heavy atom. The summed E-state index contributed by atoms with van der Waals surface area (Å²) in [5.74, 6) is 0.855. The van der Waals surface area contributed by atoms with Crippen LogP contribution in [0.4, 0.5) is 0 Å². The first-order chi connectivity index (χ1) is 8.81. The topological polar surface area (TPSA) is 15.3 Å². The van der Waals surface area contributed by atoms with Crippen LogP contribution in [0.2, 0.25) is 0 Å². The highest BCUT2D eigenvalue weighted by Gasteiger charge is 2.26. The van der Waals surface area contributed by atoms with Gasteiger partial charge in [0.25, 0.3) is 0 Å². The molecule has 98 valence electrons. The van der Waals surface area contributed by atoms with Crippen LogP contribution in [0.15, 0.2) is 28.7 Å². The van der Waals surface area contributed by atoms with Gasteiger partial charge in [0, 0.05) is 23.6 Å². The number of benzene rings is 1. The van der Waals surface area contributed by atoms with Gasteiger partial charge in [-0.2, -0.15) is 0 Å². The standard InChI is InChI=1S/C15H21BrN2/c16-15-4-2-1-3-13(15)11-18-8-7-12(10-18)9-17-14-5-6-14/h1-4,12,14,17H,5-11H2. The van der Waals surface area contributed by atoms with Crippen molar-refractivity contribution >= 4 is 15.9 Å². The summed E-state index contributed by atoms with van der Waals surface area (Å²) in [6.45, 7) is 4.80. The summed E-state index contributed by atoms with van der Waals surface area (Å²) in [4.78, 5) is 2.58. The lowest BCUT2D eigenvalue weighted by Gasteiger charge is -2.17. The van der Waals surface area contributed by atoms with Gasteiger partial charge in [-0.3, -0.25) is 4.90 Å². The fourth-order valence-electron chi connectivity index (χ4n) is 2.71. The molecule has 2 fully saturated rings. The van der Waals surface area contributed by atoms with Gasteiger partial charge in [-0.05, 0) is 49.9 Å². The third-order valence-electron chi connectivity index (χ3n) is 3.99. The molecule has 0 radical (unpaired) electrons. The molecule has 0 aromatic heterocycles. The molecule has 1 atom stereocenters. The smallest absolute Gasteiger partial charge is 0.0245 e. The van der Waals surface area contributed by atoms with Crippen LogP contribution in [0.1, 0.15) is 24.8 Å². The van der Waals surface area contributed by atoms with Crippen molar-refractivity contribution in [3.8, 4) is 0 Å². The lowest BCUT2D eigenvalue weighted by molar-refractivity contribution is 0.313. The van der Waals surface area contributed by atoms with Crippen molar-refractivity contribution in [1.29, 1.82) is 0 Å². The van der Waals surface area contributed by atoms with Gasteiger partial charge in [0.15, 0.2) is 0 Å². The summed E-state index contributed by atoms with van der Waals surface area (Å²) >= 11 is 3.64. The summed E-state index contributed by atoms with van der Waals surface area (Å²) < 4.78 is 1.24. The highest BCUT2D eigenvalue weighted by atomic mass is 79.9. The highest BCUT2D eigenvalue weighted by molar-refractivity contribution is 9.10. The van der Waals surface area contributed by atoms with E-state index in [1.807, 2.05) is 0 Å². The van der Waals surface area contributed by atoms with E-state index in [2.05, 4.69) is 50.4 Å². The minimum absolute atomic E-state index is 0.849. The normalized spacial score (nSPS) is 24.6. The molecule has 1 aliphatic carbocycles. The Kier molecular flexibility index (Phi) is 4.02. The molecule has 2 nitrogen and oxygen atoms in total. The van der Waals surface area contributed by atoms with Crippen LogP contribution >= 0.6 is 15.9 Å². The van der Waals surface area contributed by atoms with E-state index in [4.69, 9.17) is 0 Å². The van der Waals surface area contributed by atoms with E-state index in [1.54, 1.807) is 0 Å². The van der Waals surface area contributed by atoms with E-state index in [1.165, 1.54) is 48.9 Å². The molecule has 1 N–H and O–H groups in total. The molecule has 1 aliphatic heterocycles. The summed E-state index contributed by atoms with van der Waals surface area (Å²) in [5.41, 5.74) is 1.41. The van der Waals surface area contributed by atoms with Crippen molar-refractivity contribution in [2.45, 2.75) is 31.8 Å². The van der Waals surface area contributed by atoms with E-state index in [-0.39, 0.29) is 0 Å². The molecule has 1 saturated carbocycles. The maximum Gasteiger partial charge on any atom is 0.0245 e. The number of rotatable bonds is 5. The molecule has 18 heavy (non-hydrogen) atoms. The van der Waals surface area contributed by atoms with Gasteiger partial charge >= 0.3 is 0 Å². The number of likely N-dealkylation sites (tertiary alicyclic amines) is 1. The number of hydrogen-bond acceptors (Lipinski definition) is 2. The van der Waals surface area contributed by atoms with Crippen molar-refractivity contribution in [3.05, 3.63) is 34.3 Å².